The number of carbonyl (C=O) groups is 3. The van der Waals surface area contributed by atoms with Gasteiger partial charge in [0.05, 0.1) is 51.0 Å². The number of ether oxygens (including phenoxy) is 6. The minimum atomic E-state index is -1.03. The van der Waals surface area contributed by atoms with Crippen LogP contribution >= 0.6 is 0 Å². The van der Waals surface area contributed by atoms with Crippen molar-refractivity contribution >= 4 is 39.9 Å². The van der Waals surface area contributed by atoms with Crippen LogP contribution in [0.15, 0.2) is 85.1 Å². The molecule has 0 saturated heterocycles. The smallest absolute Gasteiger partial charge is 0.329 e. The number of nitrogens with zero attached hydrogens (tertiary/aromatic N) is 1. The highest BCUT2D eigenvalue weighted by molar-refractivity contribution is 6.09. The second kappa shape index (κ2) is 19.6. The molecule has 0 radical (unpaired) electrons. The van der Waals surface area contributed by atoms with Crippen LogP contribution in [0.25, 0.3) is 10.8 Å². The monoisotopic (exact) mass is 779 g/mol. The van der Waals surface area contributed by atoms with Crippen LogP contribution in [0.3, 0.4) is 0 Å². The SMILES string of the molecule is CCC(=O)c1cc(C(C)(C)C)cc(NC(=O)Nc2ccc(Oc3ccnc(Cc4cc(OC)cc(OCCOCCOCC(=O)O)c4)c3)c3ccccc23)c1OC. The molecule has 0 aliphatic carbocycles. The Morgan fingerprint density at radius 1 is 0.754 bits per heavy atom. The number of amides is 2. The zero-order chi connectivity index (χ0) is 41.0. The van der Waals surface area contributed by atoms with Crippen molar-refractivity contribution in [3.63, 3.8) is 0 Å². The van der Waals surface area contributed by atoms with Crippen molar-refractivity contribution in [2.45, 2.75) is 46.0 Å². The summed E-state index contributed by atoms with van der Waals surface area (Å²) in [6.45, 7) is 8.58. The summed E-state index contributed by atoms with van der Waals surface area (Å²) in [5.74, 6) is 1.60. The van der Waals surface area contributed by atoms with Gasteiger partial charge in [0.1, 0.15) is 36.2 Å². The Hall–Kier alpha value is -6.18. The number of hydrogen-bond acceptors (Lipinski definition) is 10. The van der Waals surface area contributed by atoms with Gasteiger partial charge >= 0.3 is 12.0 Å². The molecule has 1 aromatic heterocycles. The molecule has 57 heavy (non-hydrogen) atoms. The van der Waals surface area contributed by atoms with Gasteiger partial charge in [-0.25, -0.2) is 9.59 Å². The molecule has 5 aromatic rings. The zero-order valence-corrected chi connectivity index (χ0v) is 33.1. The highest BCUT2D eigenvalue weighted by Crippen LogP contribution is 2.38. The highest BCUT2D eigenvalue weighted by atomic mass is 16.5. The second-order valence-electron chi connectivity index (χ2n) is 14.1. The van der Waals surface area contributed by atoms with Gasteiger partial charge in [-0.05, 0) is 59.0 Å². The standard InChI is InChI=1S/C44H49N3O10/c1-7-39(48)36-23-29(44(2,3)4)24-38(42(36)53-6)47-43(51)46-37-12-13-40(35-11-9-8-10-34(35)37)57-31-14-15-45-30(25-31)20-28-21-32(52-5)26-33(22-28)56-19-18-54-16-17-55-27-41(49)50/h8-15,21-26H,7,16-20,27H2,1-6H3,(H,49,50)(H2,46,47,51). The molecule has 13 heteroatoms. The van der Waals surface area contributed by atoms with Crippen LogP contribution in [0.5, 0.6) is 28.7 Å². The van der Waals surface area contributed by atoms with Gasteiger partial charge in [0, 0.05) is 47.6 Å². The number of carboxylic acid groups (broad SMARTS) is 1. The molecule has 0 saturated carbocycles. The average Bonchev–Trinajstić information content (AvgIpc) is 3.18. The van der Waals surface area contributed by atoms with Crippen LogP contribution in [0, 0.1) is 0 Å². The van der Waals surface area contributed by atoms with Gasteiger partial charge in [-0.15, -0.1) is 0 Å². The van der Waals surface area contributed by atoms with Crippen molar-refractivity contribution in [1.29, 1.82) is 0 Å². The van der Waals surface area contributed by atoms with Crippen molar-refractivity contribution in [3.05, 3.63) is 107 Å². The summed E-state index contributed by atoms with van der Waals surface area (Å²) in [4.78, 5) is 41.5. The topological polar surface area (TPSA) is 164 Å². The summed E-state index contributed by atoms with van der Waals surface area (Å²) in [7, 11) is 3.07. The summed E-state index contributed by atoms with van der Waals surface area (Å²) >= 11 is 0. The summed E-state index contributed by atoms with van der Waals surface area (Å²) in [6, 6.07) is 23.6. The number of nitrogens with one attached hydrogen (secondary N) is 2. The third-order valence-corrected chi connectivity index (χ3v) is 8.83. The average molecular weight is 780 g/mol. The van der Waals surface area contributed by atoms with E-state index in [0.717, 1.165) is 27.6 Å². The van der Waals surface area contributed by atoms with Gasteiger partial charge in [-0.2, -0.15) is 0 Å². The summed E-state index contributed by atoms with van der Waals surface area (Å²) < 4.78 is 33.9. The normalized spacial score (nSPS) is 11.2. The maximum absolute atomic E-state index is 13.5. The predicted molar refractivity (Wildman–Crippen MR) is 218 cm³/mol. The van der Waals surface area contributed by atoms with Crippen molar-refractivity contribution in [1.82, 2.24) is 4.98 Å². The van der Waals surface area contributed by atoms with Crippen LogP contribution in [0.4, 0.5) is 16.2 Å². The number of benzene rings is 4. The first-order chi connectivity index (χ1) is 27.4. The fourth-order valence-electron chi connectivity index (χ4n) is 6.00. The summed E-state index contributed by atoms with van der Waals surface area (Å²) in [5, 5.41) is 16.1. The molecule has 13 nitrogen and oxygen atoms in total. The lowest BCUT2D eigenvalue weighted by molar-refractivity contribution is -0.142. The van der Waals surface area contributed by atoms with E-state index in [-0.39, 0.29) is 37.6 Å². The molecule has 0 unspecified atom stereocenters. The molecule has 4 aromatic carbocycles. The van der Waals surface area contributed by atoms with E-state index >= 15 is 0 Å². The maximum Gasteiger partial charge on any atom is 0.329 e. The molecule has 0 aliphatic heterocycles. The zero-order valence-electron chi connectivity index (χ0n) is 33.1. The number of carboxylic acids is 1. The lowest BCUT2D eigenvalue weighted by Crippen LogP contribution is -2.22. The minimum Gasteiger partial charge on any atom is -0.497 e. The third-order valence-electron chi connectivity index (χ3n) is 8.83. The van der Waals surface area contributed by atoms with Gasteiger partial charge < -0.3 is 44.2 Å². The van der Waals surface area contributed by atoms with Crippen molar-refractivity contribution < 1.29 is 47.9 Å². The number of anilines is 2. The molecule has 0 fully saturated rings. The van der Waals surface area contributed by atoms with E-state index in [1.165, 1.54) is 7.11 Å². The van der Waals surface area contributed by atoms with E-state index < -0.39 is 12.0 Å². The number of fused-ring (bicyclic) bond motifs is 1. The Bertz CT molecular complexity index is 2200. The van der Waals surface area contributed by atoms with E-state index in [4.69, 9.17) is 33.5 Å². The van der Waals surface area contributed by atoms with E-state index in [9.17, 15) is 14.4 Å². The molecular weight excluding hydrogens is 730 g/mol. The van der Waals surface area contributed by atoms with Gasteiger partial charge in [-0.1, -0.05) is 52.0 Å². The quantitative estimate of drug-likeness (QED) is 0.0543. The number of aliphatic carboxylic acids is 1. The molecule has 0 atom stereocenters. The fourth-order valence-corrected chi connectivity index (χ4v) is 6.00. The second-order valence-corrected chi connectivity index (χ2v) is 14.1. The molecule has 300 valence electrons. The summed E-state index contributed by atoms with van der Waals surface area (Å²) in [6.07, 6.45) is 2.45. The minimum absolute atomic E-state index is 0.0804. The van der Waals surface area contributed by atoms with Crippen LogP contribution in [-0.2, 0) is 26.1 Å². The summed E-state index contributed by atoms with van der Waals surface area (Å²) in [5.41, 5.74) is 3.67. The number of carbonyl (C=O) groups excluding carboxylic acids is 2. The lowest BCUT2D eigenvalue weighted by atomic mass is 9.85. The number of aromatic nitrogens is 1. The first-order valence-electron chi connectivity index (χ1n) is 18.5. The molecule has 2 amide bonds. The van der Waals surface area contributed by atoms with Crippen molar-refractivity contribution in [2.75, 3.05) is 57.9 Å². The number of rotatable bonds is 19. The Balaban J connectivity index is 1.28. The van der Waals surface area contributed by atoms with Gasteiger partial charge in [0.15, 0.2) is 11.5 Å². The third kappa shape index (κ3) is 11.7. The van der Waals surface area contributed by atoms with E-state index in [0.29, 0.717) is 65.1 Å². The fraction of sp³-hybridized carbons (Fsp3) is 0.318. The van der Waals surface area contributed by atoms with Gasteiger partial charge in [0.25, 0.3) is 0 Å². The first kappa shape index (κ1) is 42.0. The number of pyridine rings is 1. The molecule has 0 aliphatic rings. The Kier molecular flexibility index (Phi) is 14.4. The Labute approximate surface area is 332 Å². The molecule has 0 bridgehead atoms. The molecule has 0 spiro atoms. The van der Waals surface area contributed by atoms with Gasteiger partial charge in [-0.3, -0.25) is 9.78 Å². The number of Topliss-reactive ketones (excluding diaryl/α,β-unsaturated/α-hetero) is 1. The van der Waals surface area contributed by atoms with Crippen molar-refractivity contribution in [2.24, 2.45) is 0 Å². The van der Waals surface area contributed by atoms with Crippen molar-refractivity contribution in [3.8, 4) is 28.7 Å². The van der Waals surface area contributed by atoms with Crippen LogP contribution in [-0.4, -0.2) is 75.1 Å². The number of hydrogen-bond donors (Lipinski definition) is 3. The van der Waals surface area contributed by atoms with E-state index in [1.54, 1.807) is 44.5 Å². The number of ketones is 1. The van der Waals surface area contributed by atoms with Gasteiger partial charge in [0.2, 0.25) is 0 Å². The molecule has 5 rings (SSSR count). The Morgan fingerprint density at radius 3 is 2.19 bits per heavy atom. The van der Waals surface area contributed by atoms with E-state index in [2.05, 4.69) is 15.6 Å². The van der Waals surface area contributed by atoms with Crippen LogP contribution in [0.1, 0.15) is 61.3 Å². The number of urea groups is 1. The highest BCUT2D eigenvalue weighted by Gasteiger charge is 2.23. The van der Waals surface area contributed by atoms with E-state index in [1.807, 2.05) is 75.4 Å². The molecule has 3 N–H and O–H groups in total. The van der Waals surface area contributed by atoms with Crippen LogP contribution < -0.4 is 29.6 Å². The Morgan fingerprint density at radius 2 is 1.47 bits per heavy atom. The number of methoxy groups -OCH3 is 2. The molecule has 1 heterocycles. The van der Waals surface area contributed by atoms with Crippen LogP contribution in [0.2, 0.25) is 0 Å². The first-order valence-corrected chi connectivity index (χ1v) is 18.5. The largest absolute Gasteiger partial charge is 0.497 e. The predicted octanol–water partition coefficient (Wildman–Crippen LogP) is 8.67. The maximum atomic E-state index is 13.5. The molecular formula is C44H49N3O10. The lowest BCUT2D eigenvalue weighted by Gasteiger charge is -2.23.